The summed E-state index contributed by atoms with van der Waals surface area (Å²) in [6, 6.07) is 3.96. The third-order valence-corrected chi connectivity index (χ3v) is 7.03. The molecule has 3 aliphatic heterocycles. The second-order valence-corrected chi connectivity index (χ2v) is 8.86. The zero-order valence-corrected chi connectivity index (χ0v) is 17.0. The summed E-state index contributed by atoms with van der Waals surface area (Å²) in [5.74, 6) is 0.534. The fraction of sp³-hybridized carbons (Fsp3) is 0.682. The van der Waals surface area contributed by atoms with Crippen molar-refractivity contribution in [1.29, 1.82) is 0 Å². The highest BCUT2D eigenvalue weighted by atomic mass is 16.2. The second kappa shape index (κ2) is 8.19. The molecular formula is C22H32N4O2. The minimum Gasteiger partial charge on any atom is -0.341 e. The molecule has 28 heavy (non-hydrogen) atoms. The van der Waals surface area contributed by atoms with Crippen LogP contribution >= 0.6 is 0 Å². The zero-order valence-electron chi connectivity index (χ0n) is 17.0. The maximum absolute atomic E-state index is 12.9. The van der Waals surface area contributed by atoms with E-state index in [1.807, 2.05) is 23.2 Å². The van der Waals surface area contributed by atoms with Crippen LogP contribution in [-0.2, 0) is 16.1 Å². The molecule has 0 radical (unpaired) electrons. The average Bonchev–Trinajstić information content (AvgIpc) is 3.26. The quantitative estimate of drug-likeness (QED) is 0.799. The van der Waals surface area contributed by atoms with E-state index in [1.54, 1.807) is 6.20 Å². The van der Waals surface area contributed by atoms with Crippen LogP contribution in [0.1, 0.15) is 51.0 Å². The molecule has 1 atom stereocenters. The lowest BCUT2D eigenvalue weighted by atomic mass is 9.72. The third-order valence-electron chi connectivity index (χ3n) is 7.03. The summed E-state index contributed by atoms with van der Waals surface area (Å²) in [6.07, 6.45) is 9.61. The van der Waals surface area contributed by atoms with Crippen molar-refractivity contribution in [1.82, 2.24) is 19.7 Å². The van der Waals surface area contributed by atoms with Crippen molar-refractivity contribution in [2.75, 3.05) is 32.7 Å². The number of likely N-dealkylation sites (tertiary alicyclic amines) is 3. The smallest absolute Gasteiger partial charge is 0.239 e. The molecule has 1 spiro atoms. The monoisotopic (exact) mass is 384 g/mol. The van der Waals surface area contributed by atoms with Gasteiger partial charge in [-0.15, -0.1) is 0 Å². The van der Waals surface area contributed by atoms with E-state index in [4.69, 9.17) is 0 Å². The van der Waals surface area contributed by atoms with E-state index >= 15 is 0 Å². The lowest BCUT2D eigenvalue weighted by molar-refractivity contribution is -0.145. The first-order valence-corrected chi connectivity index (χ1v) is 10.8. The molecule has 2 amide bonds. The van der Waals surface area contributed by atoms with Crippen LogP contribution in [-0.4, -0.2) is 70.3 Å². The first kappa shape index (κ1) is 19.4. The van der Waals surface area contributed by atoms with Gasteiger partial charge in [0.1, 0.15) is 0 Å². The summed E-state index contributed by atoms with van der Waals surface area (Å²) >= 11 is 0. The molecule has 0 aliphatic carbocycles. The van der Waals surface area contributed by atoms with Gasteiger partial charge in [0.2, 0.25) is 11.8 Å². The lowest BCUT2D eigenvalue weighted by Crippen LogP contribution is -2.54. The SMILES string of the molecule is C[C@@H](C(=O)N1CCC2(CCC(=O)N(Cc3cccnc3)C2)CC1)N1CCCC1. The van der Waals surface area contributed by atoms with Crippen molar-refractivity contribution in [2.24, 2.45) is 5.41 Å². The van der Waals surface area contributed by atoms with E-state index in [1.165, 1.54) is 12.8 Å². The number of hydrogen-bond donors (Lipinski definition) is 0. The van der Waals surface area contributed by atoms with Gasteiger partial charge in [0.05, 0.1) is 6.04 Å². The van der Waals surface area contributed by atoms with Crippen LogP contribution in [0.25, 0.3) is 0 Å². The molecule has 0 N–H and O–H groups in total. The van der Waals surface area contributed by atoms with Crippen LogP contribution in [0.5, 0.6) is 0 Å². The highest BCUT2D eigenvalue weighted by molar-refractivity contribution is 5.81. The third kappa shape index (κ3) is 4.07. The maximum Gasteiger partial charge on any atom is 0.239 e. The van der Waals surface area contributed by atoms with Gasteiger partial charge >= 0.3 is 0 Å². The molecule has 0 saturated carbocycles. The molecular weight excluding hydrogens is 352 g/mol. The number of rotatable bonds is 4. The van der Waals surface area contributed by atoms with Gasteiger partial charge in [-0.2, -0.15) is 0 Å². The van der Waals surface area contributed by atoms with Gasteiger partial charge < -0.3 is 9.80 Å². The van der Waals surface area contributed by atoms with Gasteiger partial charge in [-0.3, -0.25) is 19.5 Å². The summed E-state index contributed by atoms with van der Waals surface area (Å²) in [5.41, 5.74) is 1.25. The van der Waals surface area contributed by atoms with Crippen molar-refractivity contribution in [3.63, 3.8) is 0 Å². The van der Waals surface area contributed by atoms with Gasteiger partial charge in [-0.25, -0.2) is 0 Å². The molecule has 3 aliphatic rings. The highest BCUT2D eigenvalue weighted by Gasteiger charge is 2.42. The number of carbonyl (C=O) groups is 2. The predicted octanol–water partition coefficient (Wildman–Crippen LogP) is 2.30. The summed E-state index contributed by atoms with van der Waals surface area (Å²) < 4.78 is 0. The Hall–Kier alpha value is -1.95. The molecule has 4 heterocycles. The minimum absolute atomic E-state index is 0.00608. The molecule has 6 nitrogen and oxygen atoms in total. The highest BCUT2D eigenvalue weighted by Crippen LogP contribution is 2.40. The van der Waals surface area contributed by atoms with Crippen LogP contribution < -0.4 is 0 Å². The Bertz CT molecular complexity index is 694. The average molecular weight is 385 g/mol. The van der Waals surface area contributed by atoms with Gasteiger partial charge in [0.25, 0.3) is 0 Å². The Morgan fingerprint density at radius 3 is 2.61 bits per heavy atom. The zero-order chi connectivity index (χ0) is 19.6. The van der Waals surface area contributed by atoms with Crippen LogP contribution in [0.15, 0.2) is 24.5 Å². The van der Waals surface area contributed by atoms with Crippen LogP contribution in [0.4, 0.5) is 0 Å². The van der Waals surface area contributed by atoms with Crippen molar-refractivity contribution >= 4 is 11.8 Å². The Morgan fingerprint density at radius 1 is 1.18 bits per heavy atom. The molecule has 1 aromatic rings. The van der Waals surface area contributed by atoms with Crippen LogP contribution in [0.2, 0.25) is 0 Å². The van der Waals surface area contributed by atoms with Crippen LogP contribution in [0.3, 0.4) is 0 Å². The molecule has 152 valence electrons. The van der Waals surface area contributed by atoms with Crippen LogP contribution in [0, 0.1) is 5.41 Å². The number of piperidine rings is 2. The molecule has 3 saturated heterocycles. The number of aromatic nitrogens is 1. The lowest BCUT2D eigenvalue weighted by Gasteiger charge is -2.48. The largest absolute Gasteiger partial charge is 0.341 e. The number of nitrogens with zero attached hydrogens (tertiary/aromatic N) is 4. The minimum atomic E-state index is 0.00608. The summed E-state index contributed by atoms with van der Waals surface area (Å²) in [6.45, 7) is 7.27. The fourth-order valence-electron chi connectivity index (χ4n) is 5.12. The molecule has 0 bridgehead atoms. The number of amides is 2. The van der Waals surface area contributed by atoms with Gasteiger partial charge in [0, 0.05) is 45.0 Å². The molecule has 6 heteroatoms. The summed E-state index contributed by atoms with van der Waals surface area (Å²) in [4.78, 5) is 36.0. The van der Waals surface area contributed by atoms with E-state index in [0.29, 0.717) is 13.0 Å². The normalized spacial score (nSPS) is 24.0. The maximum atomic E-state index is 12.9. The topological polar surface area (TPSA) is 56.8 Å². The molecule has 1 aromatic heterocycles. The standard InChI is InChI=1S/C22H32N4O2/c1-18(24-11-2-3-12-24)21(28)25-13-8-22(9-14-25)7-6-20(27)26(17-22)16-19-5-4-10-23-15-19/h4-5,10,15,18H,2-3,6-9,11-14,16-17H2,1H3/t18-/m0/s1. The second-order valence-electron chi connectivity index (χ2n) is 8.86. The number of carbonyl (C=O) groups excluding carboxylic acids is 2. The van der Waals surface area contributed by atoms with Gasteiger partial charge in [-0.05, 0) is 69.2 Å². The number of hydrogen-bond acceptors (Lipinski definition) is 4. The Morgan fingerprint density at radius 2 is 1.93 bits per heavy atom. The van der Waals surface area contributed by atoms with Crippen molar-refractivity contribution < 1.29 is 9.59 Å². The molecule has 0 aromatic carbocycles. The predicted molar refractivity (Wildman–Crippen MR) is 107 cm³/mol. The van der Waals surface area contributed by atoms with E-state index < -0.39 is 0 Å². The van der Waals surface area contributed by atoms with Crippen molar-refractivity contribution in [2.45, 2.75) is 58.0 Å². The van der Waals surface area contributed by atoms with E-state index in [0.717, 1.165) is 57.5 Å². The van der Waals surface area contributed by atoms with Gasteiger partial charge in [0.15, 0.2) is 0 Å². The molecule has 3 fully saturated rings. The van der Waals surface area contributed by atoms with E-state index in [9.17, 15) is 9.59 Å². The van der Waals surface area contributed by atoms with Crippen molar-refractivity contribution in [3.8, 4) is 0 Å². The van der Waals surface area contributed by atoms with E-state index in [2.05, 4.69) is 21.7 Å². The summed E-state index contributed by atoms with van der Waals surface area (Å²) in [7, 11) is 0. The molecule has 4 rings (SSSR count). The summed E-state index contributed by atoms with van der Waals surface area (Å²) in [5, 5.41) is 0. The Kier molecular flexibility index (Phi) is 5.67. The Balaban J connectivity index is 1.35. The van der Waals surface area contributed by atoms with Gasteiger partial charge in [-0.1, -0.05) is 6.07 Å². The Labute approximate surface area is 167 Å². The first-order valence-electron chi connectivity index (χ1n) is 10.8. The molecule has 0 unspecified atom stereocenters. The number of pyridine rings is 1. The van der Waals surface area contributed by atoms with Crippen molar-refractivity contribution in [3.05, 3.63) is 30.1 Å². The first-order chi connectivity index (χ1) is 13.6. The fourth-order valence-corrected chi connectivity index (χ4v) is 5.12. The van der Waals surface area contributed by atoms with E-state index in [-0.39, 0.29) is 23.3 Å².